The summed E-state index contributed by atoms with van der Waals surface area (Å²) < 4.78 is 1.41. The molecule has 0 aliphatic carbocycles. The molecule has 0 radical (unpaired) electrons. The molecule has 0 bridgehead atoms. The molecular formula is C12H13N7O2S. The number of aromatic amines is 1. The Morgan fingerprint density at radius 3 is 3.18 bits per heavy atom. The monoisotopic (exact) mass is 319 g/mol. The number of carbonyl (C=O) groups excluding carboxylic acids is 1. The highest BCUT2D eigenvalue weighted by Crippen LogP contribution is 2.05. The third-order valence-electron chi connectivity index (χ3n) is 3.03. The lowest BCUT2D eigenvalue weighted by atomic mass is 10.3. The van der Waals surface area contributed by atoms with E-state index in [0.29, 0.717) is 17.6 Å². The third kappa shape index (κ3) is 3.17. The second kappa shape index (κ2) is 6.43. The summed E-state index contributed by atoms with van der Waals surface area (Å²) in [5, 5.41) is 15.8. The molecule has 2 N–H and O–H groups in total. The van der Waals surface area contributed by atoms with Crippen LogP contribution in [0.2, 0.25) is 0 Å². The number of nitrogens with one attached hydrogen (secondary N) is 2. The van der Waals surface area contributed by atoms with Gasteiger partial charge in [-0.15, -0.1) is 21.5 Å². The molecule has 9 nitrogen and oxygen atoms in total. The Bertz CT molecular complexity index is 823. The van der Waals surface area contributed by atoms with E-state index < -0.39 is 0 Å². The molecule has 0 unspecified atom stereocenters. The van der Waals surface area contributed by atoms with Crippen LogP contribution in [0.3, 0.4) is 0 Å². The van der Waals surface area contributed by atoms with Gasteiger partial charge in [0.2, 0.25) is 5.91 Å². The number of rotatable bonds is 6. The van der Waals surface area contributed by atoms with Crippen molar-refractivity contribution >= 4 is 28.3 Å². The van der Waals surface area contributed by atoms with Crippen LogP contribution in [0.5, 0.6) is 0 Å². The fraction of sp³-hybridized carbons (Fsp3) is 0.333. The van der Waals surface area contributed by atoms with E-state index in [1.165, 1.54) is 28.5 Å². The SMILES string of the molecule is O=C(Cn1ncc2c(=O)[nH]cnc21)NCCCc1nncs1. The Morgan fingerprint density at radius 1 is 1.45 bits per heavy atom. The standard InChI is InChI=1S/C12H13N7O2S/c20-9(13-3-1-2-10-18-16-7-22-10)5-19-11-8(4-17-19)12(21)15-6-14-11/h4,6-7H,1-3,5H2,(H,13,20)(H,14,15,21). The average molecular weight is 319 g/mol. The zero-order valence-corrected chi connectivity index (χ0v) is 12.3. The van der Waals surface area contributed by atoms with E-state index in [-0.39, 0.29) is 18.0 Å². The van der Waals surface area contributed by atoms with E-state index in [0.717, 1.165) is 17.8 Å². The van der Waals surface area contributed by atoms with Gasteiger partial charge in [0.05, 0.1) is 12.5 Å². The molecule has 3 aromatic rings. The van der Waals surface area contributed by atoms with Gasteiger partial charge in [-0.2, -0.15) is 5.10 Å². The van der Waals surface area contributed by atoms with E-state index in [1.54, 1.807) is 5.51 Å². The molecule has 3 aromatic heterocycles. The number of hydrogen-bond donors (Lipinski definition) is 2. The van der Waals surface area contributed by atoms with Crippen molar-refractivity contribution in [3.05, 3.63) is 33.4 Å². The smallest absolute Gasteiger partial charge is 0.261 e. The summed E-state index contributed by atoms with van der Waals surface area (Å²) in [4.78, 5) is 29.9. The van der Waals surface area contributed by atoms with Gasteiger partial charge in [0.1, 0.15) is 22.4 Å². The van der Waals surface area contributed by atoms with Gasteiger partial charge in [-0.05, 0) is 6.42 Å². The second-order valence-corrected chi connectivity index (χ2v) is 5.47. The normalized spacial score (nSPS) is 10.9. The van der Waals surface area contributed by atoms with Gasteiger partial charge in [0.15, 0.2) is 5.65 Å². The Morgan fingerprint density at radius 2 is 2.36 bits per heavy atom. The minimum Gasteiger partial charge on any atom is -0.354 e. The van der Waals surface area contributed by atoms with Crippen LogP contribution in [0.1, 0.15) is 11.4 Å². The van der Waals surface area contributed by atoms with E-state index in [4.69, 9.17) is 0 Å². The fourth-order valence-corrected chi connectivity index (χ4v) is 2.56. The van der Waals surface area contributed by atoms with Crippen molar-refractivity contribution in [3.8, 4) is 0 Å². The molecule has 0 saturated heterocycles. The van der Waals surface area contributed by atoms with Gasteiger partial charge in [0, 0.05) is 13.0 Å². The molecule has 10 heteroatoms. The van der Waals surface area contributed by atoms with Crippen LogP contribution in [0.25, 0.3) is 11.0 Å². The lowest BCUT2D eigenvalue weighted by Crippen LogP contribution is -2.29. The topological polar surface area (TPSA) is 118 Å². The molecule has 0 fully saturated rings. The van der Waals surface area contributed by atoms with E-state index >= 15 is 0 Å². The van der Waals surface area contributed by atoms with Gasteiger partial charge in [0.25, 0.3) is 5.56 Å². The maximum atomic E-state index is 11.9. The number of aryl methyl sites for hydroxylation is 1. The molecule has 3 heterocycles. The molecule has 1 amide bonds. The first kappa shape index (κ1) is 14.3. The van der Waals surface area contributed by atoms with E-state index in [1.807, 2.05) is 0 Å². The van der Waals surface area contributed by atoms with Crippen LogP contribution < -0.4 is 10.9 Å². The average Bonchev–Trinajstić information content (AvgIpc) is 3.15. The van der Waals surface area contributed by atoms with Crippen LogP contribution in [0.4, 0.5) is 0 Å². The van der Waals surface area contributed by atoms with Crippen molar-refractivity contribution in [2.45, 2.75) is 19.4 Å². The largest absolute Gasteiger partial charge is 0.354 e. The van der Waals surface area contributed by atoms with Gasteiger partial charge < -0.3 is 10.3 Å². The first-order valence-corrected chi connectivity index (χ1v) is 7.53. The van der Waals surface area contributed by atoms with E-state index in [2.05, 4.69) is 30.6 Å². The summed E-state index contributed by atoms with van der Waals surface area (Å²) in [6.07, 6.45) is 4.28. The summed E-state index contributed by atoms with van der Waals surface area (Å²) >= 11 is 1.50. The molecular weight excluding hydrogens is 306 g/mol. The third-order valence-corrected chi connectivity index (χ3v) is 3.78. The molecule has 0 aliphatic heterocycles. The summed E-state index contributed by atoms with van der Waals surface area (Å²) in [7, 11) is 0. The Kier molecular flexibility index (Phi) is 4.19. The lowest BCUT2D eigenvalue weighted by molar-refractivity contribution is -0.121. The quantitative estimate of drug-likeness (QED) is 0.603. The predicted octanol–water partition coefficient (Wildman–Crippen LogP) is -0.280. The van der Waals surface area contributed by atoms with Crippen LogP contribution in [0.15, 0.2) is 22.8 Å². The van der Waals surface area contributed by atoms with Gasteiger partial charge in [-0.1, -0.05) is 0 Å². The maximum absolute atomic E-state index is 11.9. The molecule has 22 heavy (non-hydrogen) atoms. The fourth-order valence-electron chi connectivity index (χ4n) is 1.98. The molecule has 0 aromatic carbocycles. The summed E-state index contributed by atoms with van der Waals surface area (Å²) in [5.74, 6) is -0.177. The summed E-state index contributed by atoms with van der Waals surface area (Å²) in [6.45, 7) is 0.574. The highest BCUT2D eigenvalue weighted by molar-refractivity contribution is 7.09. The number of aromatic nitrogens is 6. The number of carbonyl (C=O) groups is 1. The zero-order chi connectivity index (χ0) is 15.4. The minimum atomic E-state index is -0.270. The van der Waals surface area contributed by atoms with Gasteiger partial charge >= 0.3 is 0 Å². The van der Waals surface area contributed by atoms with Gasteiger partial charge in [-0.3, -0.25) is 9.59 Å². The van der Waals surface area contributed by atoms with Crippen LogP contribution in [-0.2, 0) is 17.8 Å². The molecule has 0 saturated carbocycles. The molecule has 0 aliphatic rings. The molecule has 3 rings (SSSR count). The van der Waals surface area contributed by atoms with Crippen LogP contribution in [0, 0.1) is 0 Å². The Labute approximate surface area is 128 Å². The van der Waals surface area contributed by atoms with Crippen molar-refractivity contribution in [2.24, 2.45) is 0 Å². The first-order valence-electron chi connectivity index (χ1n) is 6.65. The number of amides is 1. The molecule has 0 atom stereocenters. The molecule has 0 spiro atoms. The van der Waals surface area contributed by atoms with Crippen LogP contribution in [-0.4, -0.2) is 42.4 Å². The van der Waals surface area contributed by atoms with Crippen molar-refractivity contribution < 1.29 is 4.79 Å². The zero-order valence-electron chi connectivity index (χ0n) is 11.5. The Hall–Kier alpha value is -2.62. The number of nitrogens with zero attached hydrogens (tertiary/aromatic N) is 5. The number of fused-ring (bicyclic) bond motifs is 1. The molecule has 114 valence electrons. The van der Waals surface area contributed by atoms with Gasteiger partial charge in [-0.25, -0.2) is 9.67 Å². The number of H-pyrrole nitrogens is 1. The van der Waals surface area contributed by atoms with Crippen molar-refractivity contribution in [3.63, 3.8) is 0 Å². The van der Waals surface area contributed by atoms with Crippen LogP contribution >= 0.6 is 11.3 Å². The highest BCUT2D eigenvalue weighted by atomic mass is 32.1. The maximum Gasteiger partial charge on any atom is 0.261 e. The highest BCUT2D eigenvalue weighted by Gasteiger charge is 2.10. The van der Waals surface area contributed by atoms with E-state index in [9.17, 15) is 9.59 Å². The first-order chi connectivity index (χ1) is 10.7. The summed E-state index contributed by atoms with van der Waals surface area (Å²) in [6, 6.07) is 0. The summed E-state index contributed by atoms with van der Waals surface area (Å²) in [5.41, 5.74) is 1.81. The Balaban J connectivity index is 1.52. The predicted molar refractivity (Wildman–Crippen MR) is 79.4 cm³/mol. The lowest BCUT2D eigenvalue weighted by Gasteiger charge is -2.05. The van der Waals surface area contributed by atoms with Crippen molar-refractivity contribution in [1.82, 2.24) is 35.3 Å². The van der Waals surface area contributed by atoms with Crippen molar-refractivity contribution in [1.29, 1.82) is 0 Å². The number of hydrogen-bond acceptors (Lipinski definition) is 7. The van der Waals surface area contributed by atoms with Crippen molar-refractivity contribution in [2.75, 3.05) is 6.54 Å². The second-order valence-electron chi connectivity index (χ2n) is 4.56. The minimum absolute atomic E-state index is 0.0265.